The highest BCUT2D eigenvalue weighted by Gasteiger charge is 2.29. The molecule has 0 radical (unpaired) electrons. The third-order valence-electron chi connectivity index (χ3n) is 6.52. The number of aromatic amines is 2. The Hall–Kier alpha value is -2.88. The molecule has 2 aliphatic heterocycles. The molecule has 0 aromatic carbocycles. The van der Waals surface area contributed by atoms with E-state index in [-0.39, 0.29) is 10.8 Å². The molecule has 5 heterocycles. The molecule has 0 fully saturated rings. The van der Waals surface area contributed by atoms with Gasteiger partial charge in [0.1, 0.15) is 0 Å². The molecule has 3 aromatic rings. The van der Waals surface area contributed by atoms with Gasteiger partial charge in [0, 0.05) is 68.5 Å². The average molecular weight is 399 g/mol. The van der Waals surface area contributed by atoms with E-state index in [0.29, 0.717) is 0 Å². The third kappa shape index (κ3) is 3.24. The quantitative estimate of drug-likeness (QED) is 0.490. The number of fused-ring (bicyclic) bond motifs is 8. The Morgan fingerprint density at radius 1 is 0.633 bits per heavy atom. The van der Waals surface area contributed by atoms with Gasteiger partial charge < -0.3 is 9.97 Å². The fourth-order valence-electron chi connectivity index (χ4n) is 4.69. The van der Waals surface area contributed by atoms with Gasteiger partial charge in [-0.25, -0.2) is 0 Å². The summed E-state index contributed by atoms with van der Waals surface area (Å²) in [5.74, 6) is 0. The molecule has 0 saturated heterocycles. The first-order valence-corrected chi connectivity index (χ1v) is 10.8. The molecule has 5 rings (SSSR count). The maximum Gasteiger partial charge on any atom is 0.0487 e. The van der Waals surface area contributed by atoms with Gasteiger partial charge in [-0.15, -0.1) is 0 Å². The smallest absolute Gasteiger partial charge is 0.0487 e. The molecule has 30 heavy (non-hydrogen) atoms. The van der Waals surface area contributed by atoms with Crippen LogP contribution in [0.5, 0.6) is 0 Å². The lowest BCUT2D eigenvalue weighted by atomic mass is 9.87. The number of aromatic nitrogens is 4. The second-order valence-corrected chi connectivity index (χ2v) is 10.3. The van der Waals surface area contributed by atoms with Crippen LogP contribution in [0.4, 0.5) is 0 Å². The van der Waals surface area contributed by atoms with Crippen LogP contribution in [-0.2, 0) is 23.7 Å². The van der Waals surface area contributed by atoms with E-state index in [1.165, 1.54) is 11.1 Å². The number of nitrogens with one attached hydrogen (secondary N) is 2. The largest absolute Gasteiger partial charge is 0.355 e. The van der Waals surface area contributed by atoms with Crippen molar-refractivity contribution in [1.29, 1.82) is 0 Å². The van der Waals surface area contributed by atoms with E-state index in [1.54, 1.807) is 0 Å². The molecule has 8 bridgehead atoms. The van der Waals surface area contributed by atoms with Gasteiger partial charge in [0.05, 0.1) is 0 Å². The van der Waals surface area contributed by atoms with Gasteiger partial charge in [-0.05, 0) is 61.4 Å². The predicted molar refractivity (Wildman–Crippen MR) is 124 cm³/mol. The summed E-state index contributed by atoms with van der Waals surface area (Å²) >= 11 is 0. The molecule has 0 amide bonds. The highest BCUT2D eigenvalue weighted by molar-refractivity contribution is 5.67. The van der Waals surface area contributed by atoms with Gasteiger partial charge in [-0.2, -0.15) is 0 Å². The molecule has 0 unspecified atom stereocenters. The van der Waals surface area contributed by atoms with E-state index in [0.717, 1.165) is 57.7 Å². The summed E-state index contributed by atoms with van der Waals surface area (Å²) in [4.78, 5) is 17.2. The summed E-state index contributed by atoms with van der Waals surface area (Å²) in [5.41, 5.74) is 11.5. The fraction of sp³-hybridized carbons (Fsp3) is 0.385. The Morgan fingerprint density at radius 3 is 1.43 bits per heavy atom. The molecule has 0 atom stereocenters. The zero-order valence-electron chi connectivity index (χ0n) is 18.8. The molecule has 154 valence electrons. The second-order valence-electron chi connectivity index (χ2n) is 10.3. The summed E-state index contributed by atoms with van der Waals surface area (Å²) in [6, 6.07) is 13.2. The van der Waals surface area contributed by atoms with Crippen LogP contribution in [0.15, 0.2) is 36.4 Å². The Bertz CT molecular complexity index is 1210. The molecular formula is C26H30N4. The van der Waals surface area contributed by atoms with Crippen molar-refractivity contribution in [3.63, 3.8) is 0 Å². The number of H-pyrrole nitrogens is 2. The zero-order valence-corrected chi connectivity index (χ0v) is 18.8. The predicted octanol–water partition coefficient (Wildman–Crippen LogP) is 5.97. The van der Waals surface area contributed by atoms with Gasteiger partial charge in [-0.1, -0.05) is 27.7 Å². The lowest BCUT2D eigenvalue weighted by Crippen LogP contribution is -2.15. The van der Waals surface area contributed by atoms with Crippen LogP contribution >= 0.6 is 0 Å². The molecular weight excluding hydrogens is 368 g/mol. The van der Waals surface area contributed by atoms with Crippen LogP contribution < -0.4 is 0 Å². The van der Waals surface area contributed by atoms with E-state index >= 15 is 0 Å². The van der Waals surface area contributed by atoms with Gasteiger partial charge in [0.25, 0.3) is 0 Å². The second kappa shape index (κ2) is 6.31. The van der Waals surface area contributed by atoms with Crippen LogP contribution in [0, 0.1) is 13.8 Å². The zero-order chi connectivity index (χ0) is 21.3. The van der Waals surface area contributed by atoms with E-state index in [1.807, 2.05) is 0 Å². The monoisotopic (exact) mass is 398 g/mol. The lowest BCUT2D eigenvalue weighted by Gasteiger charge is -2.15. The number of hydrogen-bond donors (Lipinski definition) is 2. The number of nitrogens with zero attached hydrogens (tertiary/aromatic N) is 2. The van der Waals surface area contributed by atoms with Crippen molar-refractivity contribution in [3.8, 4) is 0 Å². The molecule has 3 aromatic heterocycles. The van der Waals surface area contributed by atoms with Crippen LogP contribution in [0.2, 0.25) is 0 Å². The van der Waals surface area contributed by atoms with Crippen molar-refractivity contribution in [2.45, 2.75) is 65.2 Å². The van der Waals surface area contributed by atoms with Crippen molar-refractivity contribution in [3.05, 3.63) is 70.3 Å². The first-order chi connectivity index (χ1) is 14.1. The molecule has 0 aliphatic carbocycles. The fourth-order valence-corrected chi connectivity index (χ4v) is 4.69. The van der Waals surface area contributed by atoms with Crippen molar-refractivity contribution in [2.24, 2.45) is 0 Å². The molecule has 4 nitrogen and oxygen atoms in total. The number of rotatable bonds is 0. The van der Waals surface area contributed by atoms with Crippen LogP contribution in [0.1, 0.15) is 61.6 Å². The van der Waals surface area contributed by atoms with Crippen molar-refractivity contribution >= 4 is 22.1 Å². The molecule has 0 spiro atoms. The maximum atomic E-state index is 5.00. The Morgan fingerprint density at radius 2 is 1.03 bits per heavy atom. The van der Waals surface area contributed by atoms with Gasteiger partial charge >= 0.3 is 0 Å². The first-order valence-electron chi connectivity index (χ1n) is 10.8. The Balaban J connectivity index is 1.89. The lowest BCUT2D eigenvalue weighted by molar-refractivity contribution is 0.543. The van der Waals surface area contributed by atoms with Crippen LogP contribution in [0.3, 0.4) is 0 Å². The molecule has 2 aliphatic rings. The minimum atomic E-state index is 0.0147. The number of aryl methyl sites for hydroxylation is 2. The third-order valence-corrected chi connectivity index (χ3v) is 6.52. The van der Waals surface area contributed by atoms with E-state index in [9.17, 15) is 0 Å². The summed E-state index contributed by atoms with van der Waals surface area (Å²) in [5, 5.41) is 0. The summed E-state index contributed by atoms with van der Waals surface area (Å²) in [7, 11) is 0. The summed E-state index contributed by atoms with van der Waals surface area (Å²) < 4.78 is 0. The minimum Gasteiger partial charge on any atom is -0.355 e. The first kappa shape index (κ1) is 19.1. The van der Waals surface area contributed by atoms with Gasteiger partial charge in [0.15, 0.2) is 0 Å². The minimum absolute atomic E-state index is 0.0147. The molecule has 0 saturated carbocycles. The highest BCUT2D eigenvalue weighted by atomic mass is 14.8. The Labute approximate surface area is 177 Å². The SMILES string of the molecule is Cc1cc2cc3nc(cc4[nH]c(cc5nc(cc1[nH]2)C(C)(C)C5)cc4C)C(C)(C)C3. The maximum absolute atomic E-state index is 5.00. The Kier molecular flexibility index (Phi) is 4.02. The summed E-state index contributed by atoms with van der Waals surface area (Å²) in [6.45, 7) is 13.4. The topological polar surface area (TPSA) is 57.4 Å². The van der Waals surface area contributed by atoms with Crippen molar-refractivity contribution in [2.75, 3.05) is 0 Å². The van der Waals surface area contributed by atoms with Crippen LogP contribution in [0.25, 0.3) is 22.1 Å². The average Bonchev–Trinajstić information content (AvgIpc) is 3.29. The van der Waals surface area contributed by atoms with E-state index in [2.05, 4.69) is 87.9 Å². The normalized spacial score (nSPS) is 17.3. The molecule has 2 N–H and O–H groups in total. The van der Waals surface area contributed by atoms with Crippen LogP contribution in [-0.4, -0.2) is 19.9 Å². The van der Waals surface area contributed by atoms with E-state index < -0.39 is 0 Å². The van der Waals surface area contributed by atoms with E-state index in [4.69, 9.17) is 9.97 Å². The molecule has 4 heteroatoms. The summed E-state index contributed by atoms with van der Waals surface area (Å²) in [6.07, 6.45) is 1.87. The van der Waals surface area contributed by atoms with Gasteiger partial charge in [-0.3, -0.25) is 9.97 Å². The van der Waals surface area contributed by atoms with Gasteiger partial charge in [0.2, 0.25) is 0 Å². The number of hydrogen-bond acceptors (Lipinski definition) is 2. The van der Waals surface area contributed by atoms with Crippen molar-refractivity contribution in [1.82, 2.24) is 19.9 Å². The highest BCUT2D eigenvalue weighted by Crippen LogP contribution is 2.33. The standard InChI is InChI=1S/C26H30N4/c1-15-7-17-9-19-13-26(5,6)24(30-19)12-22-16(2)8-18(28-22)10-20-14-25(3,4)23(29-20)11-21(15)27-17/h7-12,27-28H,13-14H2,1-6H3. The van der Waals surface area contributed by atoms with Crippen molar-refractivity contribution < 1.29 is 0 Å².